The van der Waals surface area contributed by atoms with Gasteiger partial charge in [-0.2, -0.15) is 0 Å². The summed E-state index contributed by atoms with van der Waals surface area (Å²) < 4.78 is 23.1. The first-order chi connectivity index (χ1) is 10.0. The molecule has 4 nitrogen and oxygen atoms in total. The highest BCUT2D eigenvalue weighted by Crippen LogP contribution is 2.17. The summed E-state index contributed by atoms with van der Waals surface area (Å²) in [6.45, 7) is 5.05. The second kappa shape index (κ2) is 8.62. The van der Waals surface area contributed by atoms with Gasteiger partial charge in [0.2, 0.25) is 0 Å². The van der Waals surface area contributed by atoms with Crippen LogP contribution in [-0.4, -0.2) is 31.8 Å². The Morgan fingerprint density at radius 3 is 2.52 bits per heavy atom. The van der Waals surface area contributed by atoms with E-state index in [1.165, 1.54) is 19.2 Å². The van der Waals surface area contributed by atoms with Crippen LogP contribution in [0, 0.1) is 5.82 Å². The van der Waals surface area contributed by atoms with Crippen LogP contribution in [-0.2, 0) is 9.53 Å². The molecule has 1 unspecified atom stereocenters. The highest BCUT2D eigenvalue weighted by Gasteiger charge is 2.32. The summed E-state index contributed by atoms with van der Waals surface area (Å²) in [7, 11) is 1.40. The van der Waals surface area contributed by atoms with E-state index in [0.29, 0.717) is 25.3 Å². The van der Waals surface area contributed by atoms with Crippen LogP contribution in [0.1, 0.15) is 33.1 Å². The van der Waals surface area contributed by atoms with Gasteiger partial charge in [-0.3, -0.25) is 4.79 Å². The van der Waals surface area contributed by atoms with Crippen molar-refractivity contribution in [1.82, 2.24) is 5.32 Å². The molecule has 1 aromatic rings. The molecule has 0 aromatic heterocycles. The lowest BCUT2D eigenvalue weighted by molar-refractivity contribution is -0.148. The molecule has 0 aliphatic carbocycles. The van der Waals surface area contributed by atoms with E-state index >= 15 is 0 Å². The second-order valence-corrected chi connectivity index (χ2v) is 5.11. The van der Waals surface area contributed by atoms with Crippen molar-refractivity contribution >= 4 is 5.97 Å². The van der Waals surface area contributed by atoms with Crippen molar-refractivity contribution in [1.29, 1.82) is 0 Å². The van der Waals surface area contributed by atoms with Crippen molar-refractivity contribution in [2.24, 2.45) is 0 Å². The maximum Gasteiger partial charge on any atom is 0.325 e. The summed E-state index contributed by atoms with van der Waals surface area (Å²) >= 11 is 0. The molecule has 21 heavy (non-hydrogen) atoms. The zero-order valence-electron chi connectivity index (χ0n) is 12.9. The SMILES string of the molecule is CCNC(C)(CCCCOc1ccc(F)cc1)C(=O)OC. The van der Waals surface area contributed by atoms with Gasteiger partial charge in [-0.15, -0.1) is 0 Å². The van der Waals surface area contributed by atoms with Crippen LogP contribution in [0.3, 0.4) is 0 Å². The summed E-state index contributed by atoms with van der Waals surface area (Å²) in [5.74, 6) is 0.129. The summed E-state index contributed by atoms with van der Waals surface area (Å²) in [6.07, 6.45) is 2.33. The van der Waals surface area contributed by atoms with E-state index in [0.717, 1.165) is 12.8 Å². The Morgan fingerprint density at radius 1 is 1.29 bits per heavy atom. The van der Waals surface area contributed by atoms with Gasteiger partial charge in [0.05, 0.1) is 13.7 Å². The van der Waals surface area contributed by atoms with Gasteiger partial charge < -0.3 is 14.8 Å². The largest absolute Gasteiger partial charge is 0.494 e. The molecule has 0 radical (unpaired) electrons. The number of likely N-dealkylation sites (N-methyl/N-ethyl adjacent to an activating group) is 1. The van der Waals surface area contributed by atoms with Crippen molar-refractivity contribution in [2.75, 3.05) is 20.3 Å². The molecule has 1 atom stereocenters. The van der Waals surface area contributed by atoms with Gasteiger partial charge in [0.15, 0.2) is 0 Å². The lowest BCUT2D eigenvalue weighted by atomic mass is 9.95. The fourth-order valence-corrected chi connectivity index (χ4v) is 2.18. The molecule has 1 rings (SSSR count). The maximum absolute atomic E-state index is 12.7. The monoisotopic (exact) mass is 297 g/mol. The number of esters is 1. The number of halogens is 1. The third-order valence-electron chi connectivity index (χ3n) is 3.36. The highest BCUT2D eigenvalue weighted by molar-refractivity contribution is 5.80. The Balaban J connectivity index is 2.31. The van der Waals surface area contributed by atoms with E-state index in [1.54, 1.807) is 12.1 Å². The third-order valence-corrected chi connectivity index (χ3v) is 3.36. The first-order valence-corrected chi connectivity index (χ1v) is 7.23. The lowest BCUT2D eigenvalue weighted by Gasteiger charge is -2.27. The quantitative estimate of drug-likeness (QED) is 0.562. The van der Waals surface area contributed by atoms with Gasteiger partial charge in [-0.05, 0) is 57.0 Å². The van der Waals surface area contributed by atoms with Crippen LogP contribution >= 0.6 is 0 Å². The van der Waals surface area contributed by atoms with Gasteiger partial charge >= 0.3 is 5.97 Å². The first-order valence-electron chi connectivity index (χ1n) is 7.23. The molecule has 0 aliphatic heterocycles. The normalized spacial score (nSPS) is 13.5. The number of benzene rings is 1. The molecule has 0 bridgehead atoms. The Kier molecular flexibility index (Phi) is 7.15. The third kappa shape index (κ3) is 5.71. The summed E-state index contributed by atoms with van der Waals surface area (Å²) in [4.78, 5) is 11.8. The Labute approximate surface area is 125 Å². The number of rotatable bonds is 9. The first kappa shape index (κ1) is 17.4. The predicted octanol–water partition coefficient (Wildman–Crippen LogP) is 2.92. The molecular weight excluding hydrogens is 273 g/mol. The van der Waals surface area contributed by atoms with Gasteiger partial charge in [-0.1, -0.05) is 6.92 Å². The fourth-order valence-electron chi connectivity index (χ4n) is 2.18. The Bertz CT molecular complexity index is 436. The van der Waals surface area contributed by atoms with Crippen molar-refractivity contribution in [2.45, 2.75) is 38.6 Å². The Morgan fingerprint density at radius 2 is 1.95 bits per heavy atom. The minimum atomic E-state index is -0.653. The van der Waals surface area contributed by atoms with Crippen molar-refractivity contribution in [3.63, 3.8) is 0 Å². The average Bonchev–Trinajstić information content (AvgIpc) is 2.48. The fraction of sp³-hybridized carbons (Fsp3) is 0.562. The number of carbonyl (C=O) groups is 1. The number of ether oxygens (including phenoxy) is 2. The highest BCUT2D eigenvalue weighted by atomic mass is 19.1. The minimum absolute atomic E-state index is 0.246. The van der Waals surface area contributed by atoms with E-state index in [2.05, 4.69) is 5.32 Å². The number of hydrogen-bond donors (Lipinski definition) is 1. The standard InChI is InChI=1S/C16H24FNO3/c1-4-18-16(2,15(19)20-3)11-5-6-12-21-14-9-7-13(17)8-10-14/h7-10,18H,4-6,11-12H2,1-3H3. The van der Waals surface area contributed by atoms with Crippen LogP contribution < -0.4 is 10.1 Å². The molecule has 0 heterocycles. The van der Waals surface area contributed by atoms with Gasteiger partial charge in [-0.25, -0.2) is 4.39 Å². The predicted molar refractivity (Wildman–Crippen MR) is 79.8 cm³/mol. The van der Waals surface area contributed by atoms with Crippen molar-refractivity contribution < 1.29 is 18.7 Å². The number of methoxy groups -OCH3 is 1. The molecule has 118 valence electrons. The number of unbranched alkanes of at least 4 members (excludes halogenated alkanes) is 1. The van der Waals surface area contributed by atoms with E-state index in [4.69, 9.17) is 9.47 Å². The van der Waals surface area contributed by atoms with E-state index < -0.39 is 5.54 Å². The van der Waals surface area contributed by atoms with E-state index in [-0.39, 0.29) is 11.8 Å². The molecule has 0 amide bonds. The lowest BCUT2D eigenvalue weighted by Crippen LogP contribution is -2.50. The van der Waals surface area contributed by atoms with E-state index in [1.807, 2.05) is 13.8 Å². The smallest absolute Gasteiger partial charge is 0.325 e. The molecule has 0 aliphatic rings. The molecule has 5 heteroatoms. The molecular formula is C16H24FNO3. The summed E-state index contributed by atoms with van der Waals surface area (Å²) in [5.41, 5.74) is -0.653. The number of carbonyl (C=O) groups excluding carboxylic acids is 1. The molecule has 0 spiro atoms. The molecule has 1 aromatic carbocycles. The second-order valence-electron chi connectivity index (χ2n) is 5.11. The van der Waals surface area contributed by atoms with Crippen LogP contribution in [0.25, 0.3) is 0 Å². The van der Waals surface area contributed by atoms with Crippen LogP contribution in [0.4, 0.5) is 4.39 Å². The van der Waals surface area contributed by atoms with Gasteiger partial charge in [0.1, 0.15) is 17.1 Å². The van der Waals surface area contributed by atoms with Gasteiger partial charge in [0.25, 0.3) is 0 Å². The van der Waals surface area contributed by atoms with Crippen LogP contribution in [0.15, 0.2) is 24.3 Å². The molecule has 0 saturated carbocycles. The van der Waals surface area contributed by atoms with Crippen LogP contribution in [0.2, 0.25) is 0 Å². The van der Waals surface area contributed by atoms with Gasteiger partial charge in [0, 0.05) is 0 Å². The average molecular weight is 297 g/mol. The maximum atomic E-state index is 12.7. The van der Waals surface area contributed by atoms with Crippen molar-refractivity contribution in [3.05, 3.63) is 30.1 Å². The molecule has 0 saturated heterocycles. The van der Waals surface area contributed by atoms with Crippen LogP contribution in [0.5, 0.6) is 5.75 Å². The molecule has 1 N–H and O–H groups in total. The zero-order chi connectivity index (χ0) is 15.7. The van der Waals surface area contributed by atoms with Crippen molar-refractivity contribution in [3.8, 4) is 5.75 Å². The van der Waals surface area contributed by atoms with E-state index in [9.17, 15) is 9.18 Å². The Hall–Kier alpha value is -1.62. The topological polar surface area (TPSA) is 47.6 Å². The zero-order valence-corrected chi connectivity index (χ0v) is 12.9. The molecule has 0 fully saturated rings. The minimum Gasteiger partial charge on any atom is -0.494 e. The number of nitrogens with one attached hydrogen (secondary N) is 1. The summed E-state index contributed by atoms with van der Waals surface area (Å²) in [5, 5.41) is 3.17. The summed E-state index contributed by atoms with van der Waals surface area (Å²) in [6, 6.07) is 5.95. The number of hydrogen-bond acceptors (Lipinski definition) is 4.